The standard InChI is InChI=1S/C70H139NO5/c1-3-5-7-9-11-13-15-17-19-20-21-22-23-24-25-26-28-31-35-38-42-46-50-54-58-62-68(73)67(66-72)71-69(74)63-59-55-51-47-43-39-36-32-29-27-30-33-37-41-45-49-53-57-61-65-76-70(75)64-60-56-52-48-44-40-34-18-16-14-12-10-8-6-4-2/h67-68,72-73H,3-66H2,1-2H3,(H,71,74). The van der Waals surface area contributed by atoms with Crippen LogP contribution in [0.15, 0.2) is 0 Å². The minimum absolute atomic E-state index is 0.0138. The molecule has 2 unspecified atom stereocenters. The van der Waals surface area contributed by atoms with Gasteiger partial charge in [0.2, 0.25) is 5.91 Å². The van der Waals surface area contributed by atoms with Gasteiger partial charge in [0.15, 0.2) is 0 Å². The number of aliphatic hydroxyl groups excluding tert-OH is 2. The van der Waals surface area contributed by atoms with E-state index in [2.05, 4.69) is 19.2 Å². The van der Waals surface area contributed by atoms with E-state index in [1.807, 2.05) is 0 Å². The lowest BCUT2D eigenvalue weighted by atomic mass is 10.0. The molecule has 1 amide bonds. The van der Waals surface area contributed by atoms with Gasteiger partial charge in [-0.2, -0.15) is 0 Å². The molecule has 0 aromatic heterocycles. The monoisotopic (exact) mass is 1070 g/mol. The maximum absolute atomic E-state index is 12.6. The van der Waals surface area contributed by atoms with E-state index < -0.39 is 12.1 Å². The molecule has 0 aromatic rings. The van der Waals surface area contributed by atoms with Crippen LogP contribution in [-0.2, 0) is 14.3 Å². The largest absolute Gasteiger partial charge is 0.466 e. The summed E-state index contributed by atoms with van der Waals surface area (Å²) in [6.45, 7) is 5.00. The number of nitrogens with one attached hydrogen (secondary N) is 1. The third-order valence-corrected chi connectivity index (χ3v) is 16.9. The molecule has 76 heavy (non-hydrogen) atoms. The van der Waals surface area contributed by atoms with Gasteiger partial charge in [0.1, 0.15) is 0 Å². The third-order valence-electron chi connectivity index (χ3n) is 16.9. The van der Waals surface area contributed by atoms with Crippen molar-refractivity contribution >= 4 is 11.9 Å². The average molecular weight is 1070 g/mol. The minimum Gasteiger partial charge on any atom is -0.466 e. The molecule has 454 valence electrons. The Morgan fingerprint density at radius 2 is 0.539 bits per heavy atom. The molecule has 0 rings (SSSR count). The van der Waals surface area contributed by atoms with Gasteiger partial charge < -0.3 is 20.3 Å². The topological polar surface area (TPSA) is 95.9 Å². The van der Waals surface area contributed by atoms with Crippen LogP contribution in [0.2, 0.25) is 0 Å². The highest BCUT2D eigenvalue weighted by atomic mass is 16.5. The zero-order chi connectivity index (χ0) is 55.0. The van der Waals surface area contributed by atoms with Crippen molar-refractivity contribution in [3.05, 3.63) is 0 Å². The highest BCUT2D eigenvalue weighted by Crippen LogP contribution is 2.20. The molecule has 0 saturated heterocycles. The van der Waals surface area contributed by atoms with Crippen LogP contribution in [-0.4, -0.2) is 47.4 Å². The number of amides is 1. The smallest absolute Gasteiger partial charge is 0.305 e. The lowest BCUT2D eigenvalue weighted by Crippen LogP contribution is -2.45. The summed E-state index contributed by atoms with van der Waals surface area (Å²) in [5.41, 5.74) is 0. The van der Waals surface area contributed by atoms with Gasteiger partial charge in [-0.25, -0.2) is 0 Å². The fourth-order valence-corrected chi connectivity index (χ4v) is 11.5. The first-order chi connectivity index (χ1) is 37.5. The van der Waals surface area contributed by atoms with Crippen LogP contribution in [0, 0.1) is 0 Å². The third kappa shape index (κ3) is 62.1. The van der Waals surface area contributed by atoms with Gasteiger partial charge in [-0.1, -0.05) is 373 Å². The second-order valence-electron chi connectivity index (χ2n) is 24.6. The number of unbranched alkanes of at least 4 members (excludes halogenated alkanes) is 56. The number of hydrogen-bond donors (Lipinski definition) is 3. The maximum atomic E-state index is 12.6. The molecule has 0 bridgehead atoms. The Bertz CT molecular complexity index is 1100. The quantitative estimate of drug-likeness (QED) is 0.0417. The van der Waals surface area contributed by atoms with Gasteiger partial charge >= 0.3 is 5.97 Å². The Morgan fingerprint density at radius 1 is 0.316 bits per heavy atom. The molecule has 0 aliphatic carbocycles. The van der Waals surface area contributed by atoms with Crippen LogP contribution in [0.5, 0.6) is 0 Å². The predicted molar refractivity (Wildman–Crippen MR) is 334 cm³/mol. The van der Waals surface area contributed by atoms with Crippen molar-refractivity contribution in [2.75, 3.05) is 13.2 Å². The van der Waals surface area contributed by atoms with Gasteiger partial charge in [-0.15, -0.1) is 0 Å². The fraction of sp³-hybridized carbons (Fsp3) is 0.971. The molecule has 0 aliphatic heterocycles. The van der Waals surface area contributed by atoms with E-state index in [0.29, 0.717) is 25.9 Å². The highest BCUT2D eigenvalue weighted by Gasteiger charge is 2.20. The summed E-state index contributed by atoms with van der Waals surface area (Å²) in [6, 6.07) is -0.544. The average Bonchev–Trinajstić information content (AvgIpc) is 3.42. The summed E-state index contributed by atoms with van der Waals surface area (Å²) in [5.74, 6) is -0.0180. The van der Waals surface area contributed by atoms with Gasteiger partial charge in [-0.05, 0) is 25.7 Å². The lowest BCUT2D eigenvalue weighted by molar-refractivity contribution is -0.143. The number of hydrogen-bond acceptors (Lipinski definition) is 5. The number of rotatable bonds is 67. The minimum atomic E-state index is -0.667. The number of esters is 1. The van der Waals surface area contributed by atoms with E-state index in [1.54, 1.807) is 0 Å². The van der Waals surface area contributed by atoms with E-state index in [9.17, 15) is 19.8 Å². The van der Waals surface area contributed by atoms with Gasteiger partial charge in [0.05, 0.1) is 25.4 Å². The fourth-order valence-electron chi connectivity index (χ4n) is 11.5. The second-order valence-corrected chi connectivity index (χ2v) is 24.6. The van der Waals surface area contributed by atoms with Crippen LogP contribution in [0.3, 0.4) is 0 Å². The van der Waals surface area contributed by atoms with Crippen molar-refractivity contribution in [3.63, 3.8) is 0 Å². The van der Waals surface area contributed by atoms with Crippen LogP contribution in [0.1, 0.15) is 412 Å². The van der Waals surface area contributed by atoms with Crippen molar-refractivity contribution < 1.29 is 24.5 Å². The Balaban J connectivity index is 3.38. The Morgan fingerprint density at radius 3 is 0.803 bits per heavy atom. The normalized spacial score (nSPS) is 12.4. The number of aliphatic hydroxyl groups is 2. The van der Waals surface area contributed by atoms with Crippen molar-refractivity contribution in [1.82, 2.24) is 5.32 Å². The molecule has 0 heterocycles. The first-order valence-corrected chi connectivity index (χ1v) is 35.3. The van der Waals surface area contributed by atoms with E-state index in [0.717, 1.165) is 38.5 Å². The molecular weight excluding hydrogens is 935 g/mol. The van der Waals surface area contributed by atoms with E-state index in [1.165, 1.54) is 340 Å². The summed E-state index contributed by atoms with van der Waals surface area (Å²) in [5, 5.41) is 23.4. The van der Waals surface area contributed by atoms with Crippen molar-refractivity contribution in [3.8, 4) is 0 Å². The maximum Gasteiger partial charge on any atom is 0.305 e. The Labute approximate surface area is 476 Å². The highest BCUT2D eigenvalue weighted by molar-refractivity contribution is 5.76. The molecule has 0 aliphatic rings. The summed E-state index contributed by atoms with van der Waals surface area (Å²) < 4.78 is 5.50. The summed E-state index contributed by atoms with van der Waals surface area (Å²) in [4.78, 5) is 24.6. The van der Waals surface area contributed by atoms with Crippen LogP contribution < -0.4 is 5.32 Å². The first-order valence-electron chi connectivity index (χ1n) is 35.3. The van der Waals surface area contributed by atoms with Crippen molar-refractivity contribution in [2.45, 2.75) is 424 Å². The number of ether oxygens (including phenoxy) is 1. The van der Waals surface area contributed by atoms with Crippen molar-refractivity contribution in [2.24, 2.45) is 0 Å². The van der Waals surface area contributed by atoms with Gasteiger partial charge in [-0.3, -0.25) is 9.59 Å². The Kier molecular flexibility index (Phi) is 65.4. The molecule has 0 aromatic carbocycles. The second kappa shape index (κ2) is 66.4. The molecule has 6 nitrogen and oxygen atoms in total. The van der Waals surface area contributed by atoms with Crippen molar-refractivity contribution in [1.29, 1.82) is 0 Å². The van der Waals surface area contributed by atoms with Crippen LogP contribution in [0.25, 0.3) is 0 Å². The zero-order valence-electron chi connectivity index (χ0n) is 52.0. The van der Waals surface area contributed by atoms with E-state index in [-0.39, 0.29) is 18.5 Å². The molecule has 2 atom stereocenters. The van der Waals surface area contributed by atoms with Gasteiger partial charge in [0.25, 0.3) is 0 Å². The van der Waals surface area contributed by atoms with E-state index in [4.69, 9.17) is 4.74 Å². The number of carbonyl (C=O) groups excluding carboxylic acids is 2. The summed E-state index contributed by atoms with van der Waals surface area (Å²) in [7, 11) is 0. The molecule has 0 saturated carbocycles. The molecular formula is C70H139NO5. The van der Waals surface area contributed by atoms with Gasteiger partial charge in [0, 0.05) is 12.8 Å². The molecule has 0 radical (unpaired) electrons. The predicted octanol–water partition coefficient (Wildman–Crippen LogP) is 22.6. The molecule has 0 fully saturated rings. The molecule has 0 spiro atoms. The summed E-state index contributed by atoms with van der Waals surface area (Å²) >= 11 is 0. The lowest BCUT2D eigenvalue weighted by Gasteiger charge is -2.22. The van der Waals surface area contributed by atoms with E-state index >= 15 is 0 Å². The molecule has 3 N–H and O–H groups in total. The van der Waals surface area contributed by atoms with Crippen LogP contribution in [0.4, 0.5) is 0 Å². The zero-order valence-corrected chi connectivity index (χ0v) is 52.0. The van der Waals surface area contributed by atoms with Crippen LogP contribution >= 0.6 is 0 Å². The Hall–Kier alpha value is -1.14. The SMILES string of the molecule is CCCCCCCCCCCCCCCCCCCCCCCCCCCC(O)C(CO)NC(=O)CCCCCCCCCCCCCCCCCCCCCOC(=O)CCCCCCCCCCCCCCCCC. The summed E-state index contributed by atoms with van der Waals surface area (Å²) in [6.07, 6.45) is 80.0. The molecule has 6 heteroatoms. The first kappa shape index (κ1) is 74.9. The number of carbonyl (C=O) groups is 2.